The maximum atomic E-state index is 12.3. The fraction of sp³-hybridized carbons (Fsp3) is 0.348. The van der Waals surface area contributed by atoms with Crippen molar-refractivity contribution < 1.29 is 19.1 Å². The quantitative estimate of drug-likeness (QED) is 0.764. The van der Waals surface area contributed by atoms with Crippen LogP contribution >= 0.6 is 0 Å². The van der Waals surface area contributed by atoms with E-state index in [1.807, 2.05) is 57.2 Å². The predicted octanol–water partition coefficient (Wildman–Crippen LogP) is 3.14. The van der Waals surface area contributed by atoms with Crippen molar-refractivity contribution in [2.24, 2.45) is 5.92 Å². The summed E-state index contributed by atoms with van der Waals surface area (Å²) in [7, 11) is 0. The number of aryl methyl sites for hydroxylation is 2. The average Bonchev–Trinajstić information content (AvgIpc) is 3.06. The molecule has 1 heterocycles. The number of nitrogens with zero attached hydrogens (tertiary/aromatic N) is 1. The van der Waals surface area contributed by atoms with Crippen LogP contribution in [-0.2, 0) is 25.7 Å². The Balaban J connectivity index is 1.49. The third-order valence-electron chi connectivity index (χ3n) is 5.27. The summed E-state index contributed by atoms with van der Waals surface area (Å²) in [5.74, 6) is -1.53. The molecule has 3 rings (SSSR count). The molecule has 0 aliphatic carbocycles. The van der Waals surface area contributed by atoms with Gasteiger partial charge in [-0.05, 0) is 43.5 Å². The molecule has 1 aliphatic rings. The summed E-state index contributed by atoms with van der Waals surface area (Å²) in [4.78, 5) is 38.4. The first kappa shape index (κ1) is 20.6. The summed E-state index contributed by atoms with van der Waals surface area (Å²) in [5, 5.41) is 2.76. The van der Waals surface area contributed by atoms with Gasteiger partial charge in [0.1, 0.15) is 0 Å². The second-order valence-corrected chi connectivity index (χ2v) is 7.56. The summed E-state index contributed by atoms with van der Waals surface area (Å²) in [5.41, 5.74) is 4.91. The minimum Gasteiger partial charge on any atom is -0.455 e. The lowest BCUT2D eigenvalue weighted by atomic mass is 10.1. The van der Waals surface area contributed by atoms with Crippen LogP contribution in [0.25, 0.3) is 0 Å². The summed E-state index contributed by atoms with van der Waals surface area (Å²) in [6.45, 7) is 6.30. The zero-order valence-corrected chi connectivity index (χ0v) is 17.0. The number of rotatable bonds is 6. The molecule has 29 heavy (non-hydrogen) atoms. The van der Waals surface area contributed by atoms with E-state index in [9.17, 15) is 14.4 Å². The van der Waals surface area contributed by atoms with E-state index in [-0.39, 0.29) is 18.9 Å². The minimum absolute atomic E-state index is 0.0765. The van der Waals surface area contributed by atoms with Crippen LogP contribution in [0.5, 0.6) is 0 Å². The van der Waals surface area contributed by atoms with Crippen molar-refractivity contribution in [3.05, 3.63) is 64.7 Å². The number of anilines is 1. The van der Waals surface area contributed by atoms with E-state index >= 15 is 0 Å². The van der Waals surface area contributed by atoms with Gasteiger partial charge >= 0.3 is 5.97 Å². The maximum Gasteiger partial charge on any atom is 0.311 e. The number of likely N-dealkylation sites (tertiary alicyclic amines) is 1. The zero-order chi connectivity index (χ0) is 21.0. The van der Waals surface area contributed by atoms with Gasteiger partial charge in [-0.1, -0.05) is 42.0 Å². The largest absolute Gasteiger partial charge is 0.455 e. The molecule has 152 valence electrons. The van der Waals surface area contributed by atoms with E-state index in [1.165, 1.54) is 0 Å². The number of nitrogens with one attached hydrogen (secondary N) is 1. The van der Waals surface area contributed by atoms with E-state index < -0.39 is 17.8 Å². The molecule has 0 bridgehead atoms. The van der Waals surface area contributed by atoms with Crippen LogP contribution in [0.1, 0.15) is 28.7 Å². The van der Waals surface area contributed by atoms with Crippen LogP contribution in [0.3, 0.4) is 0 Å². The molecule has 1 N–H and O–H groups in total. The molecule has 1 fully saturated rings. The Hall–Kier alpha value is -3.15. The molecule has 2 amide bonds. The van der Waals surface area contributed by atoms with Gasteiger partial charge in [0.15, 0.2) is 6.61 Å². The number of hydrogen-bond donors (Lipinski definition) is 1. The Morgan fingerprint density at radius 1 is 1.10 bits per heavy atom. The van der Waals surface area contributed by atoms with Gasteiger partial charge in [0.2, 0.25) is 5.91 Å². The average molecular weight is 394 g/mol. The van der Waals surface area contributed by atoms with E-state index in [4.69, 9.17) is 4.74 Å². The van der Waals surface area contributed by atoms with Gasteiger partial charge in [0.05, 0.1) is 5.92 Å². The van der Waals surface area contributed by atoms with Gasteiger partial charge < -0.3 is 15.0 Å². The highest BCUT2D eigenvalue weighted by Gasteiger charge is 2.35. The van der Waals surface area contributed by atoms with Crippen molar-refractivity contribution in [2.75, 3.05) is 18.5 Å². The number of esters is 1. The number of carbonyl (C=O) groups excluding carboxylic acids is 3. The molecule has 1 aliphatic heterocycles. The fourth-order valence-electron chi connectivity index (χ4n) is 3.32. The van der Waals surface area contributed by atoms with Crippen LogP contribution in [0.2, 0.25) is 0 Å². The monoisotopic (exact) mass is 394 g/mol. The second kappa shape index (κ2) is 8.90. The van der Waals surface area contributed by atoms with Crippen LogP contribution in [0, 0.1) is 26.7 Å². The molecule has 0 unspecified atom stereocenters. The van der Waals surface area contributed by atoms with Gasteiger partial charge in [-0.3, -0.25) is 14.4 Å². The van der Waals surface area contributed by atoms with Crippen LogP contribution in [0.4, 0.5) is 5.69 Å². The molecule has 0 radical (unpaired) electrons. The lowest BCUT2D eigenvalue weighted by molar-refractivity contribution is -0.151. The van der Waals surface area contributed by atoms with E-state index in [2.05, 4.69) is 5.32 Å². The van der Waals surface area contributed by atoms with Crippen LogP contribution < -0.4 is 5.32 Å². The Kier molecular flexibility index (Phi) is 6.32. The van der Waals surface area contributed by atoms with Gasteiger partial charge in [0, 0.05) is 25.2 Å². The third-order valence-corrected chi connectivity index (χ3v) is 5.27. The molecular weight excluding hydrogens is 368 g/mol. The molecule has 6 heteroatoms. The summed E-state index contributed by atoms with van der Waals surface area (Å²) in [6, 6.07) is 13.6. The summed E-state index contributed by atoms with van der Waals surface area (Å²) >= 11 is 0. The Morgan fingerprint density at radius 2 is 1.83 bits per heavy atom. The first-order chi connectivity index (χ1) is 13.8. The summed E-state index contributed by atoms with van der Waals surface area (Å²) in [6.07, 6.45) is 0.114. The highest BCUT2D eigenvalue weighted by molar-refractivity contribution is 5.94. The van der Waals surface area contributed by atoms with Gasteiger partial charge in [-0.15, -0.1) is 0 Å². The zero-order valence-electron chi connectivity index (χ0n) is 17.0. The molecule has 0 aromatic heterocycles. The van der Waals surface area contributed by atoms with Crippen molar-refractivity contribution in [2.45, 2.75) is 33.7 Å². The first-order valence-corrected chi connectivity index (χ1v) is 9.69. The topological polar surface area (TPSA) is 75.7 Å². The number of hydrogen-bond acceptors (Lipinski definition) is 4. The molecule has 0 saturated carbocycles. The number of carbonyl (C=O) groups is 3. The normalized spacial score (nSPS) is 16.0. The molecule has 0 spiro atoms. The predicted molar refractivity (Wildman–Crippen MR) is 110 cm³/mol. The molecular formula is C23H26N2O4. The molecule has 1 saturated heterocycles. The van der Waals surface area contributed by atoms with Gasteiger partial charge in [-0.2, -0.15) is 0 Å². The third kappa shape index (κ3) is 5.22. The van der Waals surface area contributed by atoms with Crippen molar-refractivity contribution in [1.29, 1.82) is 0 Å². The lowest BCUT2D eigenvalue weighted by Gasteiger charge is -2.16. The first-order valence-electron chi connectivity index (χ1n) is 9.69. The smallest absolute Gasteiger partial charge is 0.311 e. The van der Waals surface area contributed by atoms with E-state index in [1.54, 1.807) is 11.0 Å². The van der Waals surface area contributed by atoms with Crippen LogP contribution in [-0.4, -0.2) is 35.8 Å². The molecule has 2 aromatic carbocycles. The highest BCUT2D eigenvalue weighted by atomic mass is 16.5. The Labute approximate surface area is 170 Å². The Morgan fingerprint density at radius 3 is 2.55 bits per heavy atom. The maximum absolute atomic E-state index is 12.3. The molecule has 2 aromatic rings. The second-order valence-electron chi connectivity index (χ2n) is 7.56. The number of ether oxygens (including phenoxy) is 1. The number of benzene rings is 2. The molecule has 6 nitrogen and oxygen atoms in total. The highest BCUT2D eigenvalue weighted by Crippen LogP contribution is 2.22. The SMILES string of the molecule is Cc1ccc(CN2C[C@H](C(=O)OCC(=O)Nc3cccc(C)c3C)CC2=O)cc1. The van der Waals surface area contributed by atoms with Crippen molar-refractivity contribution in [3.63, 3.8) is 0 Å². The Bertz CT molecular complexity index is 921. The van der Waals surface area contributed by atoms with Gasteiger partial charge in [0.25, 0.3) is 5.91 Å². The molecule has 1 atom stereocenters. The van der Waals surface area contributed by atoms with Crippen LogP contribution in [0.15, 0.2) is 42.5 Å². The summed E-state index contributed by atoms with van der Waals surface area (Å²) < 4.78 is 5.16. The van der Waals surface area contributed by atoms with Crippen molar-refractivity contribution >= 4 is 23.5 Å². The van der Waals surface area contributed by atoms with Crippen molar-refractivity contribution in [3.8, 4) is 0 Å². The standard InChI is InChI=1S/C23H26N2O4/c1-15-7-9-18(10-8-15)12-25-13-19(11-22(25)27)23(28)29-14-21(26)24-20-6-4-5-16(2)17(20)3/h4-10,19H,11-14H2,1-3H3,(H,24,26)/t19-/m1/s1. The fourth-order valence-corrected chi connectivity index (χ4v) is 3.32. The minimum atomic E-state index is -0.540. The van der Waals surface area contributed by atoms with E-state index in [0.29, 0.717) is 18.8 Å². The van der Waals surface area contributed by atoms with Crippen molar-refractivity contribution in [1.82, 2.24) is 4.90 Å². The number of amides is 2. The van der Waals surface area contributed by atoms with E-state index in [0.717, 1.165) is 22.3 Å². The van der Waals surface area contributed by atoms with Gasteiger partial charge in [-0.25, -0.2) is 0 Å². The lowest BCUT2D eigenvalue weighted by Crippen LogP contribution is -2.28.